The molecule has 0 radical (unpaired) electrons. The quantitative estimate of drug-likeness (QED) is 0.367. The summed E-state index contributed by atoms with van der Waals surface area (Å²) < 4.78 is 18.9. The number of aliphatic hydroxyl groups excluding tert-OH is 1. The summed E-state index contributed by atoms with van der Waals surface area (Å²) in [5.74, 6) is -2.01. The Bertz CT molecular complexity index is 1190. The van der Waals surface area contributed by atoms with Gasteiger partial charge in [0.2, 0.25) is 5.13 Å². The van der Waals surface area contributed by atoms with Gasteiger partial charge >= 0.3 is 5.91 Å². The first-order valence-electron chi connectivity index (χ1n) is 9.50. The second-order valence-corrected chi connectivity index (χ2v) is 7.95. The van der Waals surface area contributed by atoms with Crippen molar-refractivity contribution in [1.29, 1.82) is 0 Å². The van der Waals surface area contributed by atoms with E-state index in [-0.39, 0.29) is 16.3 Å². The molecule has 9 heteroatoms. The maximum atomic E-state index is 13.4. The van der Waals surface area contributed by atoms with Crippen LogP contribution in [-0.4, -0.2) is 33.6 Å². The predicted molar refractivity (Wildman–Crippen MR) is 113 cm³/mol. The summed E-state index contributed by atoms with van der Waals surface area (Å²) in [6.45, 7) is 4.02. The Hall–Kier alpha value is -3.59. The van der Waals surface area contributed by atoms with E-state index in [1.165, 1.54) is 29.2 Å². The minimum atomic E-state index is -0.946. The van der Waals surface area contributed by atoms with Gasteiger partial charge in [0.15, 0.2) is 0 Å². The first-order valence-corrected chi connectivity index (χ1v) is 10.3. The van der Waals surface area contributed by atoms with Crippen LogP contribution in [0.3, 0.4) is 0 Å². The van der Waals surface area contributed by atoms with Crippen molar-refractivity contribution in [3.05, 3.63) is 76.1 Å². The molecule has 158 valence electrons. The molecule has 4 rings (SSSR count). The van der Waals surface area contributed by atoms with Crippen LogP contribution in [0.4, 0.5) is 9.52 Å². The fourth-order valence-corrected chi connectivity index (χ4v) is 4.15. The highest BCUT2D eigenvalue weighted by atomic mass is 32.1. The minimum Gasteiger partial charge on any atom is -0.507 e. The molecule has 0 bridgehead atoms. The molecule has 2 heterocycles. The molecular weight excluding hydrogens is 421 g/mol. The molecule has 1 saturated heterocycles. The van der Waals surface area contributed by atoms with E-state index < -0.39 is 29.3 Å². The molecule has 7 nitrogen and oxygen atoms in total. The highest BCUT2D eigenvalue weighted by Gasteiger charge is 2.48. The van der Waals surface area contributed by atoms with Gasteiger partial charge in [0.05, 0.1) is 18.2 Å². The number of hydrogen-bond donors (Lipinski definition) is 1. The number of ketones is 1. The predicted octanol–water partition coefficient (Wildman–Crippen LogP) is 4.01. The number of aliphatic hydroxyl groups is 1. The van der Waals surface area contributed by atoms with Gasteiger partial charge in [0.1, 0.15) is 22.3 Å². The van der Waals surface area contributed by atoms with Crippen molar-refractivity contribution >= 4 is 33.9 Å². The zero-order valence-electron chi connectivity index (χ0n) is 16.7. The molecule has 1 N–H and O–H groups in total. The van der Waals surface area contributed by atoms with Crippen molar-refractivity contribution in [2.45, 2.75) is 19.9 Å². The zero-order valence-corrected chi connectivity index (χ0v) is 17.5. The number of nitrogens with zero attached hydrogens (tertiary/aromatic N) is 3. The number of Topliss-reactive ketones (excluding diaryl/α,β-unsaturated/α-hetero) is 1. The highest BCUT2D eigenvalue weighted by Crippen LogP contribution is 2.43. The minimum absolute atomic E-state index is 0.113. The van der Waals surface area contributed by atoms with E-state index in [0.29, 0.717) is 22.9 Å². The Labute approximate surface area is 181 Å². The Kier molecular flexibility index (Phi) is 5.51. The number of anilines is 1. The summed E-state index contributed by atoms with van der Waals surface area (Å²) in [5.41, 5.74) is 0.665. The molecule has 1 aromatic heterocycles. The number of rotatable bonds is 5. The fraction of sp³-hybridized carbons (Fsp3) is 0.182. The topological polar surface area (TPSA) is 92.6 Å². The lowest BCUT2D eigenvalue weighted by Crippen LogP contribution is -2.29. The molecule has 1 amide bonds. The first kappa shape index (κ1) is 20.7. The largest absolute Gasteiger partial charge is 0.507 e. The van der Waals surface area contributed by atoms with E-state index >= 15 is 0 Å². The van der Waals surface area contributed by atoms with Crippen LogP contribution in [0, 0.1) is 12.7 Å². The lowest BCUT2D eigenvalue weighted by Gasteiger charge is -2.23. The monoisotopic (exact) mass is 439 g/mol. The number of amides is 1. The number of hydrogen-bond acceptors (Lipinski definition) is 7. The SMILES string of the molecule is CCOc1cccc(C2C(=C(O)c3ccc(F)cc3)C(=O)C(=O)N2c2nnc(C)s2)c1. The molecule has 1 atom stereocenters. The molecule has 1 aliphatic heterocycles. The van der Waals surface area contributed by atoms with E-state index in [1.54, 1.807) is 31.2 Å². The molecule has 2 aromatic carbocycles. The van der Waals surface area contributed by atoms with Gasteiger partial charge in [-0.3, -0.25) is 14.5 Å². The number of aromatic nitrogens is 2. The van der Waals surface area contributed by atoms with Crippen LogP contribution in [-0.2, 0) is 9.59 Å². The summed E-state index contributed by atoms with van der Waals surface area (Å²) in [6, 6.07) is 11.0. The first-order chi connectivity index (χ1) is 14.9. The van der Waals surface area contributed by atoms with E-state index in [2.05, 4.69) is 10.2 Å². The molecular formula is C22H18FN3O4S. The standard InChI is InChI=1S/C22H18FN3O4S/c1-3-30-16-6-4-5-14(11-16)18-17(19(27)13-7-9-15(23)10-8-13)20(28)21(29)26(18)22-25-24-12(2)31-22/h4-11,18,27H,3H2,1-2H3. The van der Waals surface area contributed by atoms with Gasteiger partial charge in [-0.1, -0.05) is 23.5 Å². The van der Waals surface area contributed by atoms with Crippen molar-refractivity contribution in [2.75, 3.05) is 11.5 Å². The Morgan fingerprint density at radius 1 is 1.19 bits per heavy atom. The van der Waals surface area contributed by atoms with Gasteiger partial charge in [0.25, 0.3) is 5.78 Å². The van der Waals surface area contributed by atoms with Crippen molar-refractivity contribution in [1.82, 2.24) is 10.2 Å². The molecule has 0 saturated carbocycles. The summed E-state index contributed by atoms with van der Waals surface area (Å²) in [6.07, 6.45) is 0. The van der Waals surface area contributed by atoms with Gasteiger partial charge in [-0.2, -0.15) is 0 Å². The average Bonchev–Trinajstić information content (AvgIpc) is 3.29. The van der Waals surface area contributed by atoms with Crippen molar-refractivity contribution < 1.29 is 23.8 Å². The van der Waals surface area contributed by atoms with Crippen LogP contribution in [0.2, 0.25) is 0 Å². The lowest BCUT2D eigenvalue weighted by molar-refractivity contribution is -0.132. The number of halogens is 1. The molecule has 1 fully saturated rings. The third-order valence-electron chi connectivity index (χ3n) is 4.77. The van der Waals surface area contributed by atoms with Crippen molar-refractivity contribution in [2.24, 2.45) is 0 Å². The average molecular weight is 439 g/mol. The maximum absolute atomic E-state index is 13.4. The van der Waals surface area contributed by atoms with Crippen LogP contribution < -0.4 is 9.64 Å². The van der Waals surface area contributed by atoms with Crippen LogP contribution >= 0.6 is 11.3 Å². The zero-order chi connectivity index (χ0) is 22.1. The van der Waals surface area contributed by atoms with Crippen LogP contribution in [0.1, 0.15) is 29.1 Å². The maximum Gasteiger partial charge on any atom is 0.301 e. The van der Waals surface area contributed by atoms with Crippen LogP contribution in [0.5, 0.6) is 5.75 Å². The van der Waals surface area contributed by atoms with Gasteiger partial charge in [-0.15, -0.1) is 10.2 Å². The number of carbonyl (C=O) groups is 2. The third-order valence-corrected chi connectivity index (χ3v) is 5.61. The normalized spacial score (nSPS) is 17.9. The summed E-state index contributed by atoms with van der Waals surface area (Å²) in [7, 11) is 0. The second-order valence-electron chi connectivity index (χ2n) is 6.79. The molecule has 0 aliphatic carbocycles. The smallest absolute Gasteiger partial charge is 0.301 e. The lowest BCUT2D eigenvalue weighted by atomic mass is 9.95. The molecule has 3 aromatic rings. The fourth-order valence-electron chi connectivity index (χ4n) is 3.43. The van der Waals surface area contributed by atoms with E-state index in [9.17, 15) is 19.1 Å². The second kappa shape index (κ2) is 8.27. The van der Waals surface area contributed by atoms with Crippen molar-refractivity contribution in [3.8, 4) is 5.75 Å². The number of aryl methyl sites for hydroxylation is 1. The van der Waals surface area contributed by atoms with E-state index in [0.717, 1.165) is 11.3 Å². The summed E-state index contributed by atoms with van der Waals surface area (Å²) in [5, 5.41) is 19.8. The molecule has 31 heavy (non-hydrogen) atoms. The van der Waals surface area contributed by atoms with Crippen LogP contribution in [0.25, 0.3) is 5.76 Å². The van der Waals surface area contributed by atoms with E-state index in [4.69, 9.17) is 4.74 Å². The highest BCUT2D eigenvalue weighted by molar-refractivity contribution is 7.15. The Balaban J connectivity index is 1.93. The summed E-state index contributed by atoms with van der Waals surface area (Å²) >= 11 is 1.16. The number of benzene rings is 2. The Morgan fingerprint density at radius 3 is 2.58 bits per heavy atom. The van der Waals surface area contributed by atoms with Crippen LogP contribution in [0.15, 0.2) is 54.1 Å². The molecule has 1 unspecified atom stereocenters. The molecule has 1 aliphatic rings. The van der Waals surface area contributed by atoms with Gasteiger partial charge in [-0.25, -0.2) is 4.39 Å². The third kappa shape index (κ3) is 3.79. The van der Waals surface area contributed by atoms with Gasteiger partial charge in [0, 0.05) is 5.56 Å². The molecule has 0 spiro atoms. The van der Waals surface area contributed by atoms with Gasteiger partial charge < -0.3 is 9.84 Å². The Morgan fingerprint density at radius 2 is 1.94 bits per heavy atom. The summed E-state index contributed by atoms with van der Waals surface area (Å²) in [4.78, 5) is 27.2. The van der Waals surface area contributed by atoms with Gasteiger partial charge in [-0.05, 0) is 55.8 Å². The number of carbonyl (C=O) groups excluding carboxylic acids is 2. The van der Waals surface area contributed by atoms with E-state index in [1.807, 2.05) is 6.92 Å². The number of ether oxygens (including phenoxy) is 1. The van der Waals surface area contributed by atoms with Crippen molar-refractivity contribution in [3.63, 3.8) is 0 Å².